The van der Waals surface area contributed by atoms with E-state index in [0.29, 0.717) is 11.8 Å². The van der Waals surface area contributed by atoms with Crippen LogP contribution in [0.25, 0.3) is 0 Å². The molecular formula is C13H14N4O. The molecule has 1 fully saturated rings. The average molecular weight is 242 g/mol. The molecule has 5 nitrogen and oxygen atoms in total. The van der Waals surface area contributed by atoms with Gasteiger partial charge >= 0.3 is 0 Å². The van der Waals surface area contributed by atoms with Crippen LogP contribution in [0.1, 0.15) is 24.2 Å². The van der Waals surface area contributed by atoms with Crippen molar-refractivity contribution in [3.8, 4) is 0 Å². The van der Waals surface area contributed by atoms with Crippen LogP contribution in [0.15, 0.2) is 30.3 Å². The second-order valence-electron chi connectivity index (χ2n) is 4.65. The Bertz CT molecular complexity index is 572. The van der Waals surface area contributed by atoms with Crippen LogP contribution in [0, 0.1) is 6.92 Å². The fraction of sp³-hybridized carbons (Fsp3) is 0.308. The first kappa shape index (κ1) is 11.0. The Hall–Kier alpha value is -2.17. The molecule has 0 unspecified atom stereocenters. The van der Waals surface area contributed by atoms with Gasteiger partial charge in [-0.05, 0) is 25.3 Å². The van der Waals surface area contributed by atoms with Crippen LogP contribution >= 0.6 is 0 Å². The lowest BCUT2D eigenvalue weighted by Crippen LogP contribution is -2.28. The van der Waals surface area contributed by atoms with Crippen molar-refractivity contribution in [1.82, 2.24) is 15.2 Å². The SMILES string of the molecule is Cc1nc(NC(=O)C2(c3ccccc3)CC2)n[nH]1. The second kappa shape index (κ2) is 3.94. The molecule has 0 aliphatic heterocycles. The molecule has 5 heteroatoms. The molecule has 1 aromatic heterocycles. The topological polar surface area (TPSA) is 70.7 Å². The van der Waals surface area contributed by atoms with Gasteiger partial charge in [-0.3, -0.25) is 15.2 Å². The first-order chi connectivity index (χ1) is 8.71. The number of nitrogens with one attached hydrogen (secondary N) is 2. The molecule has 0 bridgehead atoms. The summed E-state index contributed by atoms with van der Waals surface area (Å²) in [6.45, 7) is 1.80. The fourth-order valence-corrected chi connectivity index (χ4v) is 2.15. The van der Waals surface area contributed by atoms with Gasteiger partial charge < -0.3 is 0 Å². The highest BCUT2D eigenvalue weighted by atomic mass is 16.2. The standard InChI is InChI=1S/C13H14N4O/c1-9-14-12(17-16-9)15-11(18)13(7-8-13)10-5-3-2-4-6-10/h2-6H,7-8H2,1H3,(H2,14,15,16,17,18). The number of carbonyl (C=O) groups excluding carboxylic acids is 1. The Morgan fingerprint density at radius 1 is 1.33 bits per heavy atom. The Balaban J connectivity index is 1.81. The third-order valence-electron chi connectivity index (χ3n) is 3.33. The first-order valence-corrected chi connectivity index (χ1v) is 5.97. The van der Waals surface area contributed by atoms with Gasteiger partial charge in [0.05, 0.1) is 5.41 Å². The van der Waals surface area contributed by atoms with Gasteiger partial charge in [0.2, 0.25) is 11.9 Å². The number of aryl methyl sites for hydroxylation is 1. The molecule has 0 atom stereocenters. The van der Waals surface area contributed by atoms with Crippen LogP contribution in [0.5, 0.6) is 0 Å². The number of H-pyrrole nitrogens is 1. The fourth-order valence-electron chi connectivity index (χ4n) is 2.15. The van der Waals surface area contributed by atoms with Gasteiger partial charge in [-0.2, -0.15) is 4.98 Å². The maximum absolute atomic E-state index is 12.3. The molecule has 1 saturated carbocycles. The summed E-state index contributed by atoms with van der Waals surface area (Å²) >= 11 is 0. The van der Waals surface area contributed by atoms with E-state index in [2.05, 4.69) is 20.5 Å². The van der Waals surface area contributed by atoms with Crippen molar-refractivity contribution in [2.45, 2.75) is 25.2 Å². The Morgan fingerprint density at radius 3 is 2.61 bits per heavy atom. The summed E-state index contributed by atoms with van der Waals surface area (Å²) in [7, 11) is 0. The van der Waals surface area contributed by atoms with Gasteiger partial charge in [0.1, 0.15) is 5.82 Å². The Labute approximate surface area is 105 Å². The van der Waals surface area contributed by atoms with Crippen molar-refractivity contribution in [1.29, 1.82) is 0 Å². The maximum atomic E-state index is 12.3. The molecule has 1 heterocycles. The largest absolute Gasteiger partial charge is 0.292 e. The number of carbonyl (C=O) groups is 1. The molecular weight excluding hydrogens is 228 g/mol. The van der Waals surface area contributed by atoms with Gasteiger partial charge in [0.15, 0.2) is 0 Å². The van der Waals surface area contributed by atoms with Gasteiger partial charge in [0, 0.05) is 0 Å². The van der Waals surface area contributed by atoms with E-state index in [4.69, 9.17) is 0 Å². The van der Waals surface area contributed by atoms with Gasteiger partial charge in [-0.15, -0.1) is 5.10 Å². The third-order valence-corrected chi connectivity index (χ3v) is 3.33. The normalized spacial score (nSPS) is 16.3. The zero-order chi connectivity index (χ0) is 12.6. The van der Waals surface area contributed by atoms with Crippen molar-refractivity contribution in [2.24, 2.45) is 0 Å². The predicted octanol–water partition coefficient (Wildman–Crippen LogP) is 1.78. The van der Waals surface area contributed by atoms with Crippen molar-refractivity contribution in [3.05, 3.63) is 41.7 Å². The summed E-state index contributed by atoms with van der Waals surface area (Å²) in [6, 6.07) is 9.86. The van der Waals surface area contributed by atoms with Crippen molar-refractivity contribution in [3.63, 3.8) is 0 Å². The first-order valence-electron chi connectivity index (χ1n) is 5.97. The zero-order valence-electron chi connectivity index (χ0n) is 10.1. The molecule has 0 saturated heterocycles. The minimum Gasteiger partial charge on any atom is -0.292 e. The van der Waals surface area contributed by atoms with Gasteiger partial charge in [0.25, 0.3) is 0 Å². The maximum Gasteiger partial charge on any atom is 0.248 e. The van der Waals surface area contributed by atoms with Crippen LogP contribution in [0.2, 0.25) is 0 Å². The zero-order valence-corrected chi connectivity index (χ0v) is 10.1. The highest BCUT2D eigenvalue weighted by molar-refractivity contribution is 6.00. The number of nitrogens with zero attached hydrogens (tertiary/aromatic N) is 2. The molecule has 0 spiro atoms. The van der Waals surface area contributed by atoms with Crippen LogP contribution in [0.3, 0.4) is 0 Å². The number of benzene rings is 1. The van der Waals surface area contributed by atoms with E-state index in [1.165, 1.54) is 0 Å². The molecule has 18 heavy (non-hydrogen) atoms. The summed E-state index contributed by atoms with van der Waals surface area (Å²) in [5.41, 5.74) is 0.685. The summed E-state index contributed by atoms with van der Waals surface area (Å²) < 4.78 is 0. The monoisotopic (exact) mass is 242 g/mol. The predicted molar refractivity (Wildman–Crippen MR) is 67.1 cm³/mol. The van der Waals surface area contributed by atoms with E-state index in [-0.39, 0.29) is 11.3 Å². The highest BCUT2D eigenvalue weighted by Crippen LogP contribution is 2.48. The number of aromatic nitrogens is 3. The van der Waals surface area contributed by atoms with Crippen molar-refractivity contribution in [2.75, 3.05) is 5.32 Å². The number of amides is 1. The van der Waals surface area contributed by atoms with E-state index in [9.17, 15) is 4.79 Å². The average Bonchev–Trinajstić information content (AvgIpc) is 3.10. The molecule has 1 aromatic carbocycles. The highest BCUT2D eigenvalue weighted by Gasteiger charge is 2.51. The quantitative estimate of drug-likeness (QED) is 0.861. The minimum atomic E-state index is -0.379. The molecule has 1 aliphatic carbocycles. The number of hydrogen-bond acceptors (Lipinski definition) is 3. The number of anilines is 1. The molecule has 1 amide bonds. The summed E-state index contributed by atoms with van der Waals surface area (Å²) in [5.74, 6) is 1.02. The van der Waals surface area contributed by atoms with Gasteiger partial charge in [-0.1, -0.05) is 30.3 Å². The van der Waals surface area contributed by atoms with Crippen LogP contribution in [0.4, 0.5) is 5.95 Å². The minimum absolute atomic E-state index is 0.0206. The van der Waals surface area contributed by atoms with Crippen molar-refractivity contribution >= 4 is 11.9 Å². The lowest BCUT2D eigenvalue weighted by Gasteiger charge is -2.13. The van der Waals surface area contributed by atoms with E-state index >= 15 is 0 Å². The van der Waals surface area contributed by atoms with Crippen LogP contribution in [-0.4, -0.2) is 21.1 Å². The van der Waals surface area contributed by atoms with Crippen LogP contribution < -0.4 is 5.32 Å². The lowest BCUT2D eigenvalue weighted by molar-refractivity contribution is -0.118. The summed E-state index contributed by atoms with van der Waals surface area (Å²) in [6.07, 6.45) is 1.76. The molecule has 2 N–H and O–H groups in total. The summed E-state index contributed by atoms with van der Waals surface area (Å²) in [4.78, 5) is 16.4. The summed E-state index contributed by atoms with van der Waals surface area (Å²) in [5, 5.41) is 9.40. The molecule has 3 rings (SSSR count). The molecule has 92 valence electrons. The number of rotatable bonds is 3. The molecule has 2 aromatic rings. The van der Waals surface area contributed by atoms with Gasteiger partial charge in [-0.25, -0.2) is 0 Å². The Morgan fingerprint density at radius 2 is 2.06 bits per heavy atom. The smallest absolute Gasteiger partial charge is 0.248 e. The number of aromatic amines is 1. The number of hydrogen-bond donors (Lipinski definition) is 2. The van der Waals surface area contributed by atoms with Crippen molar-refractivity contribution < 1.29 is 4.79 Å². The van der Waals surface area contributed by atoms with E-state index < -0.39 is 0 Å². The lowest BCUT2D eigenvalue weighted by atomic mass is 9.95. The molecule has 1 aliphatic rings. The third kappa shape index (κ3) is 1.77. The van der Waals surface area contributed by atoms with Crippen LogP contribution in [-0.2, 0) is 10.2 Å². The van der Waals surface area contributed by atoms with E-state index in [1.54, 1.807) is 6.92 Å². The van der Waals surface area contributed by atoms with E-state index in [0.717, 1.165) is 18.4 Å². The second-order valence-corrected chi connectivity index (χ2v) is 4.65. The molecule has 0 radical (unpaired) electrons. The Kier molecular flexibility index (Phi) is 2.40. The van der Waals surface area contributed by atoms with E-state index in [1.807, 2.05) is 30.3 Å².